The number of alkyl halides is 5. The van der Waals surface area contributed by atoms with Crippen molar-refractivity contribution in [3.8, 4) is 0 Å². The third-order valence-corrected chi connectivity index (χ3v) is 6.88. The number of urea groups is 1. The Morgan fingerprint density at radius 3 is 2.70 bits per heavy atom. The lowest BCUT2D eigenvalue weighted by molar-refractivity contribution is -0.264. The Morgan fingerprint density at radius 2 is 2.05 bits per heavy atom. The molecule has 216 valence electrons. The van der Waals surface area contributed by atoms with Crippen LogP contribution in [0.3, 0.4) is 0 Å². The molecule has 2 aromatic heterocycles. The van der Waals surface area contributed by atoms with Gasteiger partial charge in [-0.15, -0.1) is 0 Å². The molecule has 0 unspecified atom stereocenters. The number of primary amides is 1. The second-order valence-corrected chi connectivity index (χ2v) is 10.3. The molecule has 5 rings (SSSR count). The number of ether oxygens (including phenoxy) is 1. The van der Waals surface area contributed by atoms with Crippen LogP contribution >= 0.6 is 0 Å². The lowest BCUT2D eigenvalue weighted by atomic mass is 9.99. The number of imidazole rings is 1. The predicted molar refractivity (Wildman–Crippen MR) is 127 cm³/mol. The number of H-pyrrole nitrogens is 1. The fourth-order valence-electron chi connectivity index (χ4n) is 4.43. The van der Waals surface area contributed by atoms with E-state index in [9.17, 15) is 31.5 Å². The van der Waals surface area contributed by atoms with E-state index in [1.165, 1.54) is 18.2 Å². The van der Waals surface area contributed by atoms with E-state index in [-0.39, 0.29) is 28.5 Å². The van der Waals surface area contributed by atoms with Crippen LogP contribution in [0.15, 0.2) is 22.8 Å². The normalized spacial score (nSPS) is 21.5. The van der Waals surface area contributed by atoms with Crippen molar-refractivity contribution in [1.82, 2.24) is 30.5 Å². The lowest BCUT2D eigenvalue weighted by Gasteiger charge is -2.38. The van der Waals surface area contributed by atoms with Gasteiger partial charge in [-0.3, -0.25) is 4.79 Å². The van der Waals surface area contributed by atoms with Crippen LogP contribution in [0.1, 0.15) is 69.0 Å². The van der Waals surface area contributed by atoms with Gasteiger partial charge in [0.1, 0.15) is 11.5 Å². The molecule has 0 radical (unpaired) electrons. The number of nitrogens with zero attached hydrogens (tertiary/aromatic N) is 4. The van der Waals surface area contributed by atoms with Crippen LogP contribution in [0.5, 0.6) is 0 Å². The maximum absolute atomic E-state index is 14.6. The summed E-state index contributed by atoms with van der Waals surface area (Å²) in [5, 5.41) is 9.15. The minimum atomic E-state index is -4.74. The number of hydrogen-bond acceptors (Lipinski definition) is 7. The molecule has 1 saturated heterocycles. The maximum Gasteiger partial charge on any atom is 0.416 e. The van der Waals surface area contributed by atoms with Crippen molar-refractivity contribution >= 4 is 23.0 Å². The van der Waals surface area contributed by atoms with Crippen LogP contribution in [0, 0.1) is 5.92 Å². The van der Waals surface area contributed by atoms with E-state index in [0.29, 0.717) is 23.3 Å². The minimum Gasteiger partial charge on any atom is -0.365 e. The van der Waals surface area contributed by atoms with Crippen LogP contribution in [0.25, 0.3) is 11.0 Å². The number of fused-ring (bicyclic) bond motifs is 1. The molecule has 1 aliphatic heterocycles. The Morgan fingerprint density at radius 1 is 1.32 bits per heavy atom. The molecule has 1 saturated carbocycles. The zero-order valence-corrected chi connectivity index (χ0v) is 21.2. The first-order valence-corrected chi connectivity index (χ1v) is 12.2. The second kappa shape index (κ2) is 9.67. The molecule has 2 fully saturated rings. The number of aromatic amines is 1. The lowest BCUT2D eigenvalue weighted by Crippen LogP contribution is -2.58. The van der Waals surface area contributed by atoms with Crippen LogP contribution in [0.2, 0.25) is 0 Å². The molecule has 11 nitrogen and oxygen atoms in total. The van der Waals surface area contributed by atoms with Gasteiger partial charge in [0, 0.05) is 0 Å². The number of amides is 3. The van der Waals surface area contributed by atoms with Crippen LogP contribution in [0.4, 0.5) is 26.7 Å². The quantitative estimate of drug-likeness (QED) is 0.331. The molecule has 1 aromatic carbocycles. The highest BCUT2D eigenvalue weighted by atomic mass is 19.4. The average Bonchev–Trinajstić information content (AvgIpc) is 3.43. The van der Waals surface area contributed by atoms with Gasteiger partial charge >= 0.3 is 12.2 Å². The monoisotopic (exact) mass is 573 g/mol. The first-order chi connectivity index (χ1) is 19.4. The van der Waals surface area contributed by atoms with Gasteiger partial charge in [0.15, 0.2) is 11.3 Å². The van der Waals surface area contributed by atoms with Crippen LogP contribution < -0.4 is 11.1 Å². The number of nitrogens with two attached hydrogens (primary N) is 1. The Bertz CT molecular complexity index is 1520. The zero-order valence-electron chi connectivity index (χ0n) is 23.2. The smallest absolute Gasteiger partial charge is 0.365 e. The number of rotatable bonds is 9. The predicted octanol–water partition coefficient (Wildman–Crippen LogP) is 3.65. The van der Waals surface area contributed by atoms with Crippen molar-refractivity contribution in [3.63, 3.8) is 0 Å². The molecule has 2 atom stereocenters. The molecule has 4 N–H and O–H groups in total. The molecular weight excluding hydrogens is 545 g/mol. The van der Waals surface area contributed by atoms with E-state index in [4.69, 9.17) is 13.2 Å². The van der Waals surface area contributed by atoms with Gasteiger partial charge in [-0.05, 0) is 55.5 Å². The SMILES string of the molecule is [2H]C1([2H])N([C@@H](c2ccc3nc([C@H](COC(C)(C)C(F)(F)F)c4nonc4C(N)=O)[nH]c3c2)C2CC2)C(=O)NCC1(F)F. The zero-order chi connectivity index (χ0) is 30.8. The largest absolute Gasteiger partial charge is 0.416 e. The number of halogens is 5. The maximum atomic E-state index is 14.6. The van der Waals surface area contributed by atoms with Crippen molar-refractivity contribution in [2.45, 2.75) is 56.3 Å². The van der Waals surface area contributed by atoms with Crippen molar-refractivity contribution in [3.05, 3.63) is 41.0 Å². The molecule has 3 amide bonds. The summed E-state index contributed by atoms with van der Waals surface area (Å²) in [6.45, 7) is -3.46. The average molecular weight is 574 g/mol. The van der Waals surface area contributed by atoms with Gasteiger partial charge in [0.05, 0.1) is 45.4 Å². The third kappa shape index (κ3) is 5.31. The van der Waals surface area contributed by atoms with E-state index < -0.39 is 66.9 Å². The summed E-state index contributed by atoms with van der Waals surface area (Å²) >= 11 is 0. The Balaban J connectivity index is 1.54. The van der Waals surface area contributed by atoms with E-state index in [1.807, 2.05) is 0 Å². The first-order valence-electron chi connectivity index (χ1n) is 13.2. The minimum absolute atomic E-state index is 0.00104. The molecule has 40 heavy (non-hydrogen) atoms. The summed E-state index contributed by atoms with van der Waals surface area (Å²) in [4.78, 5) is 32.5. The fraction of sp³-hybridized carbons (Fsp3) is 0.542. The number of benzene rings is 1. The summed E-state index contributed by atoms with van der Waals surface area (Å²) in [6.07, 6.45) is -3.59. The van der Waals surface area contributed by atoms with Crippen molar-refractivity contribution in [2.75, 3.05) is 19.6 Å². The second-order valence-electron chi connectivity index (χ2n) is 10.3. The molecule has 1 aliphatic carbocycles. The van der Waals surface area contributed by atoms with Gasteiger partial charge < -0.3 is 25.7 Å². The highest BCUT2D eigenvalue weighted by molar-refractivity contribution is 5.92. The standard InChI is InChI=1S/C24H26F5N7O4/c1-22(2,24(27,28)29)39-8-13(16-17(19(30)37)35-40-34-16)20-32-14-6-5-12(7-15(14)33-20)18(11-3-4-11)36-10-23(25,26)9-31-21(36)38/h5-7,11,13,18H,3-4,8-10H2,1-2H3,(H2,30,37)(H,31,38)(H,32,33)/t13-,18-/m1/s1/i10D2. The molecule has 0 spiro atoms. The number of carbonyl (C=O) groups is 2. The third-order valence-electron chi connectivity index (χ3n) is 6.88. The van der Waals surface area contributed by atoms with Crippen molar-refractivity contribution < 1.29 is 43.6 Å². The fourth-order valence-corrected chi connectivity index (χ4v) is 4.43. The Hall–Kier alpha value is -3.82. The topological polar surface area (TPSA) is 152 Å². The van der Waals surface area contributed by atoms with Crippen molar-refractivity contribution in [1.29, 1.82) is 0 Å². The highest BCUT2D eigenvalue weighted by Crippen LogP contribution is 2.46. The van der Waals surface area contributed by atoms with Gasteiger partial charge in [-0.1, -0.05) is 11.2 Å². The molecule has 3 aromatic rings. The summed E-state index contributed by atoms with van der Waals surface area (Å²) in [5.41, 5.74) is 2.99. The Kier molecular flexibility index (Phi) is 6.09. The number of hydrogen-bond donors (Lipinski definition) is 3. The van der Waals surface area contributed by atoms with Crippen LogP contribution in [-0.2, 0) is 4.74 Å². The number of aromatic nitrogens is 4. The summed E-state index contributed by atoms with van der Waals surface area (Å²) in [7, 11) is 0. The van der Waals surface area contributed by atoms with Gasteiger partial charge in [0.25, 0.3) is 11.8 Å². The summed E-state index contributed by atoms with van der Waals surface area (Å²) < 4.78 is 95.7. The molecule has 16 heteroatoms. The summed E-state index contributed by atoms with van der Waals surface area (Å²) in [6, 6.07) is 2.48. The summed E-state index contributed by atoms with van der Waals surface area (Å²) in [5.74, 6) is -6.44. The van der Waals surface area contributed by atoms with Gasteiger partial charge in [-0.25, -0.2) is 23.2 Å². The van der Waals surface area contributed by atoms with E-state index in [0.717, 1.165) is 13.8 Å². The molecule has 0 bridgehead atoms. The van der Waals surface area contributed by atoms with E-state index >= 15 is 0 Å². The molecule has 2 aliphatic rings. The first kappa shape index (κ1) is 25.2. The Labute approximate surface area is 226 Å². The van der Waals surface area contributed by atoms with Gasteiger partial charge in [0.2, 0.25) is 0 Å². The number of nitrogens with one attached hydrogen (secondary N) is 2. The number of carbonyl (C=O) groups excluding carboxylic acids is 2. The van der Waals surface area contributed by atoms with E-state index in [2.05, 4.69) is 30.2 Å². The van der Waals surface area contributed by atoms with Gasteiger partial charge in [-0.2, -0.15) is 13.2 Å². The van der Waals surface area contributed by atoms with Crippen molar-refractivity contribution in [2.24, 2.45) is 11.7 Å². The molecule has 3 heterocycles. The van der Waals surface area contributed by atoms with Crippen LogP contribution in [-0.4, -0.2) is 74.5 Å². The van der Waals surface area contributed by atoms with E-state index in [1.54, 1.807) is 0 Å². The molecular formula is C24H26F5N7O4. The highest BCUT2D eigenvalue weighted by Gasteiger charge is 2.49.